The third-order valence-electron chi connectivity index (χ3n) is 5.56. The van der Waals surface area contributed by atoms with Crippen LogP contribution in [0.5, 0.6) is 0 Å². The third kappa shape index (κ3) is 2.04. The van der Waals surface area contributed by atoms with Crippen molar-refractivity contribution in [1.29, 1.82) is 0 Å². The molecule has 1 aromatic rings. The molecule has 1 atom stereocenters. The topological polar surface area (TPSA) is 46.6 Å². The molecule has 116 valence electrons. The Morgan fingerprint density at radius 2 is 2.09 bits per heavy atom. The van der Waals surface area contributed by atoms with Gasteiger partial charge in [0.1, 0.15) is 0 Å². The molecule has 0 bridgehead atoms. The van der Waals surface area contributed by atoms with Gasteiger partial charge in [0.15, 0.2) is 0 Å². The first kappa shape index (κ1) is 13.8. The van der Waals surface area contributed by atoms with Crippen molar-refractivity contribution in [1.82, 2.24) is 4.90 Å². The maximum absolute atomic E-state index is 12.8. The van der Waals surface area contributed by atoms with Crippen LogP contribution in [0.1, 0.15) is 47.2 Å². The highest BCUT2D eigenvalue weighted by Gasteiger charge is 2.51. The quantitative estimate of drug-likeness (QED) is 0.788. The molecular formula is C18H21NO3. The van der Waals surface area contributed by atoms with Crippen molar-refractivity contribution in [3.05, 3.63) is 34.9 Å². The second kappa shape index (κ2) is 4.83. The smallest absolute Gasteiger partial charge is 0.337 e. The lowest BCUT2D eigenvalue weighted by molar-refractivity contribution is -0.137. The zero-order chi connectivity index (χ0) is 15.3. The van der Waals surface area contributed by atoms with Crippen molar-refractivity contribution in [2.24, 2.45) is 5.41 Å². The normalized spacial score (nSPS) is 27.1. The monoisotopic (exact) mass is 299 g/mol. The van der Waals surface area contributed by atoms with Gasteiger partial charge in [0.2, 0.25) is 5.91 Å². The number of ether oxygens (including phenoxy) is 1. The van der Waals surface area contributed by atoms with Crippen LogP contribution in [0.2, 0.25) is 0 Å². The predicted octanol–water partition coefficient (Wildman–Crippen LogP) is 2.34. The molecule has 4 heteroatoms. The van der Waals surface area contributed by atoms with Gasteiger partial charge in [-0.1, -0.05) is 6.07 Å². The number of hydrogen-bond donors (Lipinski definition) is 0. The molecule has 0 aromatic heterocycles. The molecular weight excluding hydrogens is 278 g/mol. The van der Waals surface area contributed by atoms with Gasteiger partial charge in [0.25, 0.3) is 0 Å². The summed E-state index contributed by atoms with van der Waals surface area (Å²) in [4.78, 5) is 26.6. The number of carbonyl (C=O) groups excluding carboxylic acids is 2. The molecule has 1 aromatic carbocycles. The fourth-order valence-electron chi connectivity index (χ4n) is 4.08. The second-order valence-corrected chi connectivity index (χ2v) is 6.91. The number of nitrogens with zero attached hydrogens (tertiary/aromatic N) is 1. The number of hydrogen-bond acceptors (Lipinski definition) is 3. The molecule has 1 heterocycles. The number of esters is 1. The number of likely N-dealkylation sites (tertiary alicyclic amines) is 1. The van der Waals surface area contributed by atoms with Gasteiger partial charge in [0.05, 0.1) is 18.1 Å². The van der Waals surface area contributed by atoms with E-state index >= 15 is 0 Å². The number of rotatable bonds is 2. The van der Waals surface area contributed by atoms with Crippen LogP contribution < -0.4 is 0 Å². The van der Waals surface area contributed by atoms with Crippen molar-refractivity contribution in [3.8, 4) is 0 Å². The molecule has 1 spiro atoms. The van der Waals surface area contributed by atoms with Crippen molar-refractivity contribution in [3.63, 3.8) is 0 Å². The van der Waals surface area contributed by atoms with Gasteiger partial charge in [0, 0.05) is 12.6 Å². The highest BCUT2D eigenvalue weighted by Crippen LogP contribution is 2.46. The maximum Gasteiger partial charge on any atom is 0.337 e. The van der Waals surface area contributed by atoms with Gasteiger partial charge in [-0.2, -0.15) is 0 Å². The number of carbonyl (C=O) groups is 2. The number of methoxy groups -OCH3 is 1. The average Bonchev–Trinajstić information content (AvgIpc) is 3.34. The summed E-state index contributed by atoms with van der Waals surface area (Å²) in [5, 5.41) is 0. The van der Waals surface area contributed by atoms with E-state index < -0.39 is 0 Å². The molecule has 0 N–H and O–H groups in total. The van der Waals surface area contributed by atoms with Crippen molar-refractivity contribution in [2.45, 2.75) is 44.6 Å². The summed E-state index contributed by atoms with van der Waals surface area (Å²) in [5.74, 6) is 0.0811. The first-order valence-electron chi connectivity index (χ1n) is 8.14. The lowest BCUT2D eigenvalue weighted by Crippen LogP contribution is -2.39. The Kier molecular flexibility index (Phi) is 3.03. The summed E-state index contributed by atoms with van der Waals surface area (Å²) in [5.41, 5.74) is 2.85. The van der Waals surface area contributed by atoms with Gasteiger partial charge in [-0.25, -0.2) is 4.79 Å². The fourth-order valence-corrected chi connectivity index (χ4v) is 4.08. The third-order valence-corrected chi connectivity index (χ3v) is 5.56. The molecule has 3 aliphatic rings. The van der Waals surface area contributed by atoms with Crippen LogP contribution in [0.4, 0.5) is 0 Å². The van der Waals surface area contributed by atoms with Crippen LogP contribution in [0.25, 0.3) is 0 Å². The molecule has 0 radical (unpaired) electrons. The number of benzene rings is 1. The van der Waals surface area contributed by atoms with Gasteiger partial charge < -0.3 is 9.64 Å². The zero-order valence-electron chi connectivity index (χ0n) is 12.9. The van der Waals surface area contributed by atoms with E-state index in [1.165, 1.54) is 31.1 Å². The van der Waals surface area contributed by atoms with Gasteiger partial charge in [-0.3, -0.25) is 4.79 Å². The summed E-state index contributed by atoms with van der Waals surface area (Å²) < 4.78 is 4.79. The lowest BCUT2D eigenvalue weighted by atomic mass is 9.70. The highest BCUT2D eigenvalue weighted by atomic mass is 16.5. The number of fused-ring (bicyclic) bond motifs is 1. The van der Waals surface area contributed by atoms with Crippen LogP contribution in [0.3, 0.4) is 0 Å². The molecule has 2 fully saturated rings. The average molecular weight is 299 g/mol. The highest BCUT2D eigenvalue weighted by molar-refractivity contribution is 5.90. The minimum atomic E-state index is -0.292. The molecule has 0 unspecified atom stereocenters. The fraction of sp³-hybridized carbons (Fsp3) is 0.556. The number of amides is 1. The summed E-state index contributed by atoms with van der Waals surface area (Å²) >= 11 is 0. The Labute approximate surface area is 130 Å². The standard InChI is InChI=1S/C18H21NO3/c1-22-16(20)13-2-3-14-11-18(7-6-12(14)10-13)8-9-19(17(18)21)15-4-5-15/h2-3,10,15H,4-9,11H2,1H3/t18-/m0/s1. The van der Waals surface area contributed by atoms with Crippen LogP contribution >= 0.6 is 0 Å². The second-order valence-electron chi connectivity index (χ2n) is 6.91. The zero-order valence-corrected chi connectivity index (χ0v) is 12.9. The molecule has 1 amide bonds. The Balaban J connectivity index is 1.59. The lowest BCUT2D eigenvalue weighted by Gasteiger charge is -2.33. The van der Waals surface area contributed by atoms with E-state index in [0.29, 0.717) is 17.5 Å². The first-order chi connectivity index (χ1) is 10.6. The molecule has 1 aliphatic heterocycles. The maximum atomic E-state index is 12.8. The summed E-state index contributed by atoms with van der Waals surface area (Å²) in [6, 6.07) is 6.29. The Morgan fingerprint density at radius 1 is 1.27 bits per heavy atom. The minimum absolute atomic E-state index is 0.178. The van der Waals surface area contributed by atoms with Crippen LogP contribution in [0, 0.1) is 5.41 Å². The first-order valence-corrected chi connectivity index (χ1v) is 8.14. The summed E-state index contributed by atoms with van der Waals surface area (Å²) in [6.45, 7) is 0.930. The van der Waals surface area contributed by atoms with E-state index in [0.717, 1.165) is 32.2 Å². The predicted molar refractivity (Wildman–Crippen MR) is 81.6 cm³/mol. The van der Waals surface area contributed by atoms with Crippen molar-refractivity contribution >= 4 is 11.9 Å². The summed E-state index contributed by atoms with van der Waals surface area (Å²) in [7, 11) is 1.40. The van der Waals surface area contributed by atoms with Crippen LogP contribution in [0.15, 0.2) is 18.2 Å². The van der Waals surface area contributed by atoms with Crippen molar-refractivity contribution in [2.75, 3.05) is 13.7 Å². The SMILES string of the molecule is COC(=O)c1ccc2c(c1)CC[C@]1(CCN(C3CC3)C1=O)C2. The van der Waals surface area contributed by atoms with E-state index in [2.05, 4.69) is 4.90 Å². The van der Waals surface area contributed by atoms with Gasteiger partial charge in [-0.05, 0) is 61.8 Å². The minimum Gasteiger partial charge on any atom is -0.465 e. The van der Waals surface area contributed by atoms with E-state index in [1.54, 1.807) is 0 Å². The van der Waals surface area contributed by atoms with Gasteiger partial charge in [-0.15, -0.1) is 0 Å². The molecule has 1 saturated carbocycles. The molecule has 2 aliphatic carbocycles. The van der Waals surface area contributed by atoms with E-state index in [-0.39, 0.29) is 11.4 Å². The number of aryl methyl sites for hydroxylation is 1. The Bertz CT molecular complexity index is 650. The summed E-state index contributed by atoms with van der Waals surface area (Å²) in [6.07, 6.45) is 5.96. The van der Waals surface area contributed by atoms with Gasteiger partial charge >= 0.3 is 5.97 Å². The Hall–Kier alpha value is -1.84. The van der Waals surface area contributed by atoms with Crippen LogP contribution in [-0.4, -0.2) is 36.5 Å². The molecule has 1 saturated heterocycles. The Morgan fingerprint density at radius 3 is 2.82 bits per heavy atom. The van der Waals surface area contributed by atoms with E-state index in [4.69, 9.17) is 4.74 Å². The molecule has 4 rings (SSSR count). The molecule has 22 heavy (non-hydrogen) atoms. The van der Waals surface area contributed by atoms with E-state index in [1.807, 2.05) is 18.2 Å². The van der Waals surface area contributed by atoms with E-state index in [9.17, 15) is 9.59 Å². The van der Waals surface area contributed by atoms with Crippen molar-refractivity contribution < 1.29 is 14.3 Å². The molecule has 4 nitrogen and oxygen atoms in total. The largest absolute Gasteiger partial charge is 0.465 e. The van der Waals surface area contributed by atoms with Crippen LogP contribution in [-0.2, 0) is 22.4 Å².